The minimum Gasteiger partial charge on any atom is -0.508 e. The van der Waals surface area contributed by atoms with Crippen LogP contribution in [0, 0.1) is 6.92 Å². The molecule has 0 atom stereocenters. The summed E-state index contributed by atoms with van der Waals surface area (Å²) in [5.74, 6) is 0.410. The number of benzene rings is 2. The van der Waals surface area contributed by atoms with Crippen LogP contribution in [0.5, 0.6) is 11.5 Å². The fourth-order valence-corrected chi connectivity index (χ4v) is 2.74. The molecule has 0 bridgehead atoms. The Balaban J connectivity index is 1.85. The highest BCUT2D eigenvalue weighted by Crippen LogP contribution is 2.27. The van der Waals surface area contributed by atoms with Gasteiger partial charge in [-0.1, -0.05) is 12.1 Å². The molecule has 5 N–H and O–H groups in total. The van der Waals surface area contributed by atoms with Gasteiger partial charge in [0.05, 0.1) is 11.4 Å². The van der Waals surface area contributed by atoms with Crippen molar-refractivity contribution in [2.45, 2.75) is 6.92 Å². The quantitative estimate of drug-likeness (QED) is 0.481. The molecule has 1 amide bonds. The summed E-state index contributed by atoms with van der Waals surface area (Å²) in [6.07, 6.45) is 0. The summed E-state index contributed by atoms with van der Waals surface area (Å²) >= 11 is 0. The summed E-state index contributed by atoms with van der Waals surface area (Å²) < 4.78 is 5.51. The lowest BCUT2D eigenvalue weighted by molar-refractivity contribution is -0.123. The molecule has 0 aliphatic heterocycles. The van der Waals surface area contributed by atoms with Crippen molar-refractivity contribution in [2.24, 2.45) is 5.73 Å². The van der Waals surface area contributed by atoms with Gasteiger partial charge in [0, 0.05) is 24.2 Å². The molecule has 0 spiro atoms. The van der Waals surface area contributed by atoms with E-state index in [2.05, 4.69) is 15.3 Å². The topological polar surface area (TPSA) is 130 Å². The van der Waals surface area contributed by atoms with E-state index in [1.807, 2.05) is 6.07 Å². The standard InChI is InChI=1S/C21H22N4O4/c1-13-9-15(5-6-19(13)26)18-11-17(24-21(28)25-18)14-3-2-4-16(10-14)29-12-20(27)23-8-7-22/h2-6,9-11,26H,7-8,12,22H2,1H3,(H,23,27)(H,24,25,28). The van der Waals surface area contributed by atoms with E-state index in [-0.39, 0.29) is 18.3 Å². The number of aromatic nitrogens is 2. The Hall–Kier alpha value is -3.65. The zero-order valence-corrected chi connectivity index (χ0v) is 15.9. The normalized spacial score (nSPS) is 10.6. The molecule has 150 valence electrons. The van der Waals surface area contributed by atoms with Crippen molar-refractivity contribution in [3.05, 3.63) is 64.6 Å². The van der Waals surface area contributed by atoms with Crippen LogP contribution in [0.1, 0.15) is 5.56 Å². The van der Waals surface area contributed by atoms with Crippen molar-refractivity contribution in [2.75, 3.05) is 19.7 Å². The number of amides is 1. The fourth-order valence-electron chi connectivity index (χ4n) is 2.74. The number of nitrogens with two attached hydrogens (primary N) is 1. The summed E-state index contributed by atoms with van der Waals surface area (Å²) in [5, 5.41) is 12.3. The smallest absolute Gasteiger partial charge is 0.345 e. The second-order valence-electron chi connectivity index (χ2n) is 6.44. The number of rotatable bonds is 7. The Morgan fingerprint density at radius 3 is 2.79 bits per heavy atom. The molecule has 1 heterocycles. The number of hydrogen-bond donors (Lipinski definition) is 4. The van der Waals surface area contributed by atoms with Crippen LogP contribution in [-0.2, 0) is 4.79 Å². The van der Waals surface area contributed by atoms with Crippen LogP contribution in [0.3, 0.4) is 0 Å². The largest absolute Gasteiger partial charge is 0.508 e. The fraction of sp³-hybridized carbons (Fsp3) is 0.190. The SMILES string of the molecule is Cc1cc(-c2cc(-c3cccc(OCC(=O)NCCN)c3)[nH]c(=O)n2)ccc1O. The van der Waals surface area contributed by atoms with Crippen molar-refractivity contribution < 1.29 is 14.6 Å². The third-order valence-corrected chi connectivity index (χ3v) is 4.22. The molecule has 0 aliphatic carbocycles. The highest BCUT2D eigenvalue weighted by Gasteiger charge is 2.09. The summed E-state index contributed by atoms with van der Waals surface area (Å²) in [6, 6.07) is 13.8. The van der Waals surface area contributed by atoms with Crippen LogP contribution in [0.4, 0.5) is 0 Å². The first kappa shape index (κ1) is 20.1. The monoisotopic (exact) mass is 394 g/mol. The molecular weight excluding hydrogens is 372 g/mol. The molecule has 0 unspecified atom stereocenters. The Morgan fingerprint density at radius 1 is 1.21 bits per heavy atom. The molecule has 0 saturated heterocycles. The maximum absolute atomic E-state index is 12.1. The van der Waals surface area contributed by atoms with Crippen LogP contribution in [-0.4, -0.2) is 40.7 Å². The van der Waals surface area contributed by atoms with Gasteiger partial charge in [0.1, 0.15) is 11.5 Å². The number of carbonyl (C=O) groups is 1. The lowest BCUT2D eigenvalue weighted by atomic mass is 10.1. The van der Waals surface area contributed by atoms with Gasteiger partial charge in [0.25, 0.3) is 5.91 Å². The molecule has 0 radical (unpaired) electrons. The number of nitrogens with zero attached hydrogens (tertiary/aromatic N) is 1. The van der Waals surface area contributed by atoms with E-state index >= 15 is 0 Å². The number of phenols is 1. The predicted molar refractivity (Wildman–Crippen MR) is 110 cm³/mol. The van der Waals surface area contributed by atoms with E-state index < -0.39 is 5.69 Å². The maximum atomic E-state index is 12.1. The highest BCUT2D eigenvalue weighted by atomic mass is 16.5. The Bertz CT molecular complexity index is 1080. The lowest BCUT2D eigenvalue weighted by Crippen LogP contribution is -2.32. The average Bonchev–Trinajstić information content (AvgIpc) is 2.72. The van der Waals surface area contributed by atoms with Crippen LogP contribution in [0.25, 0.3) is 22.5 Å². The third-order valence-electron chi connectivity index (χ3n) is 4.22. The van der Waals surface area contributed by atoms with Crippen molar-refractivity contribution >= 4 is 5.91 Å². The zero-order valence-electron chi connectivity index (χ0n) is 15.9. The molecule has 0 fully saturated rings. The summed E-state index contributed by atoms with van der Waals surface area (Å²) in [5.41, 5.74) is 8.02. The highest BCUT2D eigenvalue weighted by molar-refractivity contribution is 5.77. The summed E-state index contributed by atoms with van der Waals surface area (Å²) in [7, 11) is 0. The van der Waals surface area contributed by atoms with E-state index in [0.717, 1.165) is 5.56 Å². The van der Waals surface area contributed by atoms with Crippen LogP contribution < -0.4 is 21.5 Å². The Labute approximate surface area is 167 Å². The van der Waals surface area contributed by atoms with Crippen LogP contribution >= 0.6 is 0 Å². The second-order valence-corrected chi connectivity index (χ2v) is 6.44. The lowest BCUT2D eigenvalue weighted by Gasteiger charge is -2.09. The van der Waals surface area contributed by atoms with Gasteiger partial charge in [0.2, 0.25) is 0 Å². The molecule has 8 heteroatoms. The summed E-state index contributed by atoms with van der Waals surface area (Å²) in [6.45, 7) is 2.39. The summed E-state index contributed by atoms with van der Waals surface area (Å²) in [4.78, 5) is 30.5. The van der Waals surface area contributed by atoms with Crippen LogP contribution in [0.2, 0.25) is 0 Å². The number of nitrogens with one attached hydrogen (secondary N) is 2. The molecular formula is C21H22N4O4. The number of carbonyl (C=O) groups excluding carboxylic acids is 1. The third kappa shape index (κ3) is 5.20. The van der Waals surface area contributed by atoms with E-state index in [4.69, 9.17) is 10.5 Å². The van der Waals surface area contributed by atoms with E-state index in [1.54, 1.807) is 49.4 Å². The van der Waals surface area contributed by atoms with Gasteiger partial charge in [-0.3, -0.25) is 4.79 Å². The van der Waals surface area contributed by atoms with E-state index in [1.165, 1.54) is 0 Å². The average molecular weight is 394 g/mol. The Morgan fingerprint density at radius 2 is 2.03 bits per heavy atom. The first-order valence-corrected chi connectivity index (χ1v) is 9.07. The molecule has 0 saturated carbocycles. The number of phenolic OH excluding ortho intramolecular Hbond substituents is 1. The first-order valence-electron chi connectivity index (χ1n) is 9.07. The van der Waals surface area contributed by atoms with Gasteiger partial charge < -0.3 is 25.9 Å². The number of hydrogen-bond acceptors (Lipinski definition) is 6. The maximum Gasteiger partial charge on any atom is 0.345 e. The number of aromatic amines is 1. The van der Waals surface area contributed by atoms with Gasteiger partial charge >= 0.3 is 5.69 Å². The number of ether oxygens (including phenoxy) is 1. The van der Waals surface area contributed by atoms with Crippen molar-refractivity contribution in [3.63, 3.8) is 0 Å². The number of H-pyrrole nitrogens is 1. The van der Waals surface area contributed by atoms with Crippen LogP contribution in [0.15, 0.2) is 53.3 Å². The van der Waals surface area contributed by atoms with E-state index in [0.29, 0.717) is 41.4 Å². The number of aryl methyl sites for hydroxylation is 1. The molecule has 0 aliphatic rings. The van der Waals surface area contributed by atoms with Gasteiger partial charge in [-0.15, -0.1) is 0 Å². The number of aromatic hydroxyl groups is 1. The van der Waals surface area contributed by atoms with Gasteiger partial charge in [0.15, 0.2) is 6.61 Å². The molecule has 8 nitrogen and oxygen atoms in total. The zero-order chi connectivity index (χ0) is 20.8. The molecule has 1 aromatic heterocycles. The second kappa shape index (κ2) is 9.03. The van der Waals surface area contributed by atoms with Crippen molar-refractivity contribution in [3.8, 4) is 34.0 Å². The van der Waals surface area contributed by atoms with E-state index in [9.17, 15) is 14.7 Å². The van der Waals surface area contributed by atoms with Gasteiger partial charge in [-0.05, 0) is 48.9 Å². The Kier molecular flexibility index (Phi) is 6.25. The van der Waals surface area contributed by atoms with Gasteiger partial charge in [-0.25, -0.2) is 4.79 Å². The molecule has 29 heavy (non-hydrogen) atoms. The molecule has 3 rings (SSSR count). The first-order chi connectivity index (χ1) is 14.0. The van der Waals surface area contributed by atoms with Gasteiger partial charge in [-0.2, -0.15) is 4.98 Å². The molecule has 2 aromatic carbocycles. The minimum atomic E-state index is -0.490. The molecule has 3 aromatic rings. The van der Waals surface area contributed by atoms with Crippen molar-refractivity contribution in [1.29, 1.82) is 0 Å². The minimum absolute atomic E-state index is 0.131. The van der Waals surface area contributed by atoms with Crippen molar-refractivity contribution in [1.82, 2.24) is 15.3 Å². The predicted octanol–water partition coefficient (Wildman–Crippen LogP) is 1.57.